The van der Waals surface area contributed by atoms with Crippen molar-refractivity contribution < 1.29 is 0 Å². The highest BCUT2D eigenvalue weighted by Gasteiger charge is 2.41. The van der Waals surface area contributed by atoms with Crippen LogP contribution in [0.5, 0.6) is 0 Å². The number of benzene rings is 11. The molecule has 0 aliphatic carbocycles. The van der Waals surface area contributed by atoms with Gasteiger partial charge in [0.05, 0.1) is 22.1 Å². The Labute approximate surface area is 366 Å². The second-order valence-corrected chi connectivity index (χ2v) is 20.6. The number of aromatic nitrogens is 2. The summed E-state index contributed by atoms with van der Waals surface area (Å²) < 4.78 is 4.95. The molecule has 0 amide bonds. The van der Waals surface area contributed by atoms with E-state index in [0.717, 1.165) is 11.4 Å². The van der Waals surface area contributed by atoms with E-state index >= 15 is 0 Å². The molecule has 13 rings (SSSR count). The van der Waals surface area contributed by atoms with Crippen molar-refractivity contribution >= 4 is 105 Å². The molecule has 63 heavy (non-hydrogen) atoms. The molecule has 0 atom stereocenters. The van der Waals surface area contributed by atoms with Crippen LogP contribution in [0.2, 0.25) is 0 Å². The molecule has 0 aliphatic rings. The van der Waals surface area contributed by atoms with Crippen LogP contribution >= 0.6 is 0 Å². The van der Waals surface area contributed by atoms with Crippen molar-refractivity contribution in [1.82, 2.24) is 9.13 Å². The van der Waals surface area contributed by atoms with Gasteiger partial charge in [-0.05, 0) is 96.2 Å². The van der Waals surface area contributed by atoms with Crippen molar-refractivity contribution in [3.63, 3.8) is 0 Å². The van der Waals surface area contributed by atoms with Crippen molar-refractivity contribution in [2.45, 2.75) is 0 Å². The van der Waals surface area contributed by atoms with E-state index in [2.05, 4.69) is 252 Å². The summed E-state index contributed by atoms with van der Waals surface area (Å²) in [6.45, 7) is 0. The van der Waals surface area contributed by atoms with Gasteiger partial charge in [-0.3, -0.25) is 0 Å². The van der Waals surface area contributed by atoms with Gasteiger partial charge in [0.1, 0.15) is 0 Å². The molecule has 13 aromatic rings. The van der Waals surface area contributed by atoms with Gasteiger partial charge in [0.25, 0.3) is 0 Å². The van der Waals surface area contributed by atoms with Crippen molar-refractivity contribution in [3.8, 4) is 11.4 Å². The second-order valence-electron chi connectivity index (χ2n) is 16.8. The highest BCUT2D eigenvalue weighted by molar-refractivity contribution is 7.19. The van der Waals surface area contributed by atoms with Gasteiger partial charge < -0.3 is 9.13 Å². The van der Waals surface area contributed by atoms with Crippen LogP contribution in [0.3, 0.4) is 0 Å². The minimum absolute atomic E-state index is 1.14. The molecule has 11 aromatic carbocycles. The molecule has 0 N–H and O–H groups in total. The lowest BCUT2D eigenvalue weighted by molar-refractivity contribution is 1.17. The zero-order valence-electron chi connectivity index (χ0n) is 34.5. The zero-order valence-corrected chi connectivity index (χ0v) is 35.5. The standard InChI is InChI=1S/C60H40N2Si/c1-4-18-43(19-5-1)63(44-20-6-2-7-21-44,45-22-8-3-9-23-45)46-35-32-41(33-36-46)61-57-38-34-42(62-55-30-16-14-27-50(55)51-28-15-17-31-56(51)62)40-54(57)60-58(61)39-37-53-49-26-11-10-24-47(49)48-25-12-13-29-52(48)59(53)60/h1-40H. The number of para-hydroxylation sites is 2. The van der Waals surface area contributed by atoms with Crippen LogP contribution in [-0.4, -0.2) is 17.2 Å². The van der Waals surface area contributed by atoms with Crippen molar-refractivity contribution in [2.24, 2.45) is 0 Å². The van der Waals surface area contributed by atoms with Gasteiger partial charge in [0.2, 0.25) is 0 Å². The fourth-order valence-corrected chi connectivity index (χ4v) is 15.8. The maximum atomic E-state index is 2.50. The fraction of sp³-hybridized carbons (Fsp3) is 0. The molecule has 2 heterocycles. The Hall–Kier alpha value is -7.98. The summed E-state index contributed by atoms with van der Waals surface area (Å²) in [6, 6.07) is 90.5. The van der Waals surface area contributed by atoms with Crippen LogP contribution in [0.4, 0.5) is 0 Å². The lowest BCUT2D eigenvalue weighted by Gasteiger charge is -2.34. The molecule has 0 fully saturated rings. The van der Waals surface area contributed by atoms with Crippen molar-refractivity contribution in [3.05, 3.63) is 243 Å². The van der Waals surface area contributed by atoms with E-state index in [0.29, 0.717) is 0 Å². The van der Waals surface area contributed by atoms with Gasteiger partial charge in [-0.2, -0.15) is 0 Å². The van der Waals surface area contributed by atoms with Crippen LogP contribution < -0.4 is 20.7 Å². The molecule has 0 saturated heterocycles. The van der Waals surface area contributed by atoms with Gasteiger partial charge >= 0.3 is 0 Å². The number of rotatable bonds is 6. The Morgan fingerprint density at radius 3 is 1.13 bits per heavy atom. The minimum atomic E-state index is -2.70. The summed E-state index contributed by atoms with van der Waals surface area (Å²) in [7, 11) is -2.70. The quantitative estimate of drug-likeness (QED) is 0.0899. The molecule has 0 radical (unpaired) electrons. The van der Waals surface area contributed by atoms with E-state index in [-0.39, 0.29) is 0 Å². The maximum absolute atomic E-state index is 2.70. The highest BCUT2D eigenvalue weighted by atomic mass is 28.3. The normalized spacial score (nSPS) is 12.1. The fourth-order valence-electron chi connectivity index (χ4n) is 11.0. The lowest BCUT2D eigenvalue weighted by atomic mass is 9.92. The third kappa shape index (κ3) is 5.18. The first-order valence-corrected chi connectivity index (χ1v) is 23.9. The summed E-state index contributed by atoms with van der Waals surface area (Å²) in [5, 5.41) is 18.2. The second kappa shape index (κ2) is 14.0. The first kappa shape index (κ1) is 35.7. The van der Waals surface area contributed by atoms with E-state index in [1.54, 1.807) is 0 Å². The molecular formula is C60H40N2Si. The SMILES string of the molecule is c1ccc([Si](c2ccccc2)(c2ccccc2)c2ccc(-n3c4ccc(-n5c6ccccc6c6ccccc65)cc4c4c5c6ccccc6c6ccccc6c5ccc43)cc2)cc1. The van der Waals surface area contributed by atoms with Gasteiger partial charge in [-0.25, -0.2) is 0 Å². The molecule has 0 aliphatic heterocycles. The lowest BCUT2D eigenvalue weighted by Crippen LogP contribution is -2.74. The highest BCUT2D eigenvalue weighted by Crippen LogP contribution is 2.44. The third-order valence-corrected chi connectivity index (χ3v) is 18.4. The van der Waals surface area contributed by atoms with Gasteiger partial charge in [0.15, 0.2) is 8.07 Å². The first-order valence-electron chi connectivity index (χ1n) is 21.9. The summed E-state index contributed by atoms with van der Waals surface area (Å²) in [5.74, 6) is 0. The number of nitrogens with zero attached hydrogens (tertiary/aromatic N) is 2. The molecule has 0 spiro atoms. The average molecular weight is 817 g/mol. The Balaban J connectivity index is 1.12. The smallest absolute Gasteiger partial charge is 0.179 e. The van der Waals surface area contributed by atoms with Gasteiger partial charge in [-0.1, -0.05) is 194 Å². The average Bonchev–Trinajstić information content (AvgIpc) is 3.88. The summed E-state index contributed by atoms with van der Waals surface area (Å²) >= 11 is 0. The van der Waals surface area contributed by atoms with Crippen LogP contribution in [-0.2, 0) is 0 Å². The zero-order chi connectivity index (χ0) is 41.5. The topological polar surface area (TPSA) is 9.86 Å². The van der Waals surface area contributed by atoms with Gasteiger partial charge in [-0.15, -0.1) is 0 Å². The summed E-state index contributed by atoms with van der Waals surface area (Å²) in [5.41, 5.74) is 7.10. The predicted molar refractivity (Wildman–Crippen MR) is 271 cm³/mol. The predicted octanol–water partition coefficient (Wildman–Crippen LogP) is 12.7. The Morgan fingerprint density at radius 1 is 0.222 bits per heavy atom. The van der Waals surface area contributed by atoms with Crippen LogP contribution in [0.15, 0.2) is 243 Å². The minimum Gasteiger partial charge on any atom is -0.309 e. The molecule has 0 saturated carbocycles. The molecule has 294 valence electrons. The van der Waals surface area contributed by atoms with E-state index in [9.17, 15) is 0 Å². The monoisotopic (exact) mass is 816 g/mol. The van der Waals surface area contributed by atoms with Crippen LogP contribution in [0, 0.1) is 0 Å². The van der Waals surface area contributed by atoms with Crippen molar-refractivity contribution in [2.75, 3.05) is 0 Å². The number of hydrogen-bond acceptors (Lipinski definition) is 0. The Morgan fingerprint density at radius 2 is 0.587 bits per heavy atom. The van der Waals surface area contributed by atoms with Crippen LogP contribution in [0.1, 0.15) is 0 Å². The number of fused-ring (bicyclic) bond motifs is 13. The Kier molecular flexibility index (Phi) is 7.96. The number of hydrogen-bond donors (Lipinski definition) is 0. The van der Waals surface area contributed by atoms with Crippen molar-refractivity contribution in [1.29, 1.82) is 0 Å². The molecule has 0 bridgehead atoms. The van der Waals surface area contributed by atoms with E-state index in [1.165, 1.54) is 96.7 Å². The molecule has 2 aromatic heterocycles. The van der Waals surface area contributed by atoms with E-state index in [1.807, 2.05) is 0 Å². The molecule has 2 nitrogen and oxygen atoms in total. The van der Waals surface area contributed by atoms with Gasteiger partial charge in [0, 0.05) is 38.3 Å². The third-order valence-electron chi connectivity index (χ3n) is 13.6. The van der Waals surface area contributed by atoms with E-state index < -0.39 is 8.07 Å². The Bertz CT molecular complexity index is 3700. The van der Waals surface area contributed by atoms with Crippen LogP contribution in [0.25, 0.3) is 87.3 Å². The summed E-state index contributed by atoms with van der Waals surface area (Å²) in [6.07, 6.45) is 0. The largest absolute Gasteiger partial charge is 0.309 e. The molecular weight excluding hydrogens is 777 g/mol. The molecule has 3 heteroatoms. The maximum Gasteiger partial charge on any atom is 0.179 e. The first-order chi connectivity index (χ1) is 31.3. The summed E-state index contributed by atoms with van der Waals surface area (Å²) in [4.78, 5) is 0. The molecule has 0 unspecified atom stereocenters. The van der Waals surface area contributed by atoms with E-state index in [4.69, 9.17) is 0 Å².